The molecule has 1 atom stereocenters. The van der Waals surface area contributed by atoms with Crippen molar-refractivity contribution in [3.63, 3.8) is 0 Å². The maximum absolute atomic E-state index is 13.4. The minimum absolute atomic E-state index is 0.0826. The van der Waals surface area contributed by atoms with Crippen molar-refractivity contribution in [3.8, 4) is 11.1 Å². The number of aliphatic hydroxyl groups excluding tert-OH is 1. The van der Waals surface area contributed by atoms with Gasteiger partial charge in [0.05, 0.1) is 22.2 Å². The highest BCUT2D eigenvalue weighted by molar-refractivity contribution is 6.51. The molecule has 178 valence electrons. The largest absolute Gasteiger partial charge is 0.505 e. The van der Waals surface area contributed by atoms with Crippen molar-refractivity contribution in [2.45, 2.75) is 6.04 Å². The van der Waals surface area contributed by atoms with Crippen LogP contribution in [-0.4, -0.2) is 26.3 Å². The molecular weight excluding hydrogens is 458 g/mol. The van der Waals surface area contributed by atoms with Gasteiger partial charge >= 0.3 is 0 Å². The lowest BCUT2D eigenvalue weighted by Crippen LogP contribution is -2.29. The van der Waals surface area contributed by atoms with Crippen molar-refractivity contribution in [3.05, 3.63) is 124 Å². The van der Waals surface area contributed by atoms with Crippen LogP contribution in [0.15, 0.2) is 103 Å². The zero-order chi connectivity index (χ0) is 25.4. The molecule has 3 aromatic carbocycles. The van der Waals surface area contributed by atoms with Crippen molar-refractivity contribution in [2.75, 3.05) is 4.90 Å². The van der Waals surface area contributed by atoms with Gasteiger partial charge in [-0.3, -0.25) is 24.6 Å². The Morgan fingerprint density at radius 2 is 1.58 bits per heavy atom. The average Bonchev–Trinajstić information content (AvgIpc) is 3.45. The third-order valence-electron chi connectivity index (χ3n) is 6.28. The van der Waals surface area contributed by atoms with E-state index in [-0.39, 0.29) is 17.0 Å². The minimum Gasteiger partial charge on any atom is -0.505 e. The van der Waals surface area contributed by atoms with Crippen molar-refractivity contribution in [1.82, 2.24) is 4.57 Å². The number of hydrogen-bond donors (Lipinski definition) is 1. The first kappa shape index (κ1) is 22.8. The van der Waals surface area contributed by atoms with E-state index in [1.165, 1.54) is 29.2 Å². The molecule has 5 rings (SSSR count). The summed E-state index contributed by atoms with van der Waals surface area (Å²) in [5.74, 6) is -1.94. The molecule has 8 heteroatoms. The number of non-ortho nitro benzene ring substituents is 1. The summed E-state index contributed by atoms with van der Waals surface area (Å²) in [4.78, 5) is 38.7. The smallest absolute Gasteiger partial charge is 0.300 e. The Hall–Kier alpha value is -4.98. The third kappa shape index (κ3) is 3.84. The van der Waals surface area contributed by atoms with Crippen LogP contribution in [0.2, 0.25) is 0 Å². The number of rotatable bonds is 5. The van der Waals surface area contributed by atoms with Crippen molar-refractivity contribution < 1.29 is 19.6 Å². The molecule has 1 aromatic heterocycles. The molecule has 1 saturated heterocycles. The lowest BCUT2D eigenvalue weighted by atomic mass is 9.96. The zero-order valence-electron chi connectivity index (χ0n) is 19.2. The molecule has 1 aliphatic rings. The van der Waals surface area contributed by atoms with Gasteiger partial charge in [0.25, 0.3) is 17.4 Å². The maximum atomic E-state index is 13.4. The Balaban J connectivity index is 1.70. The summed E-state index contributed by atoms with van der Waals surface area (Å²) in [6.07, 6.45) is 1.72. The van der Waals surface area contributed by atoms with E-state index >= 15 is 0 Å². The average molecular weight is 479 g/mol. The normalized spacial score (nSPS) is 16.9. The summed E-state index contributed by atoms with van der Waals surface area (Å²) in [6, 6.07) is 24.8. The monoisotopic (exact) mass is 479 g/mol. The van der Waals surface area contributed by atoms with Gasteiger partial charge in [-0.05, 0) is 53.1 Å². The fourth-order valence-electron chi connectivity index (χ4n) is 4.50. The quantitative estimate of drug-likeness (QED) is 0.139. The van der Waals surface area contributed by atoms with E-state index in [0.717, 1.165) is 11.1 Å². The van der Waals surface area contributed by atoms with Crippen molar-refractivity contribution >= 4 is 28.8 Å². The Labute approximate surface area is 206 Å². The molecule has 1 amide bonds. The van der Waals surface area contributed by atoms with Crippen LogP contribution < -0.4 is 4.90 Å². The molecule has 0 bridgehead atoms. The number of aryl methyl sites for hydroxylation is 1. The number of nitro groups is 1. The Morgan fingerprint density at radius 1 is 0.889 bits per heavy atom. The van der Waals surface area contributed by atoms with E-state index in [4.69, 9.17) is 0 Å². The van der Waals surface area contributed by atoms with E-state index in [2.05, 4.69) is 0 Å². The van der Waals surface area contributed by atoms with Crippen LogP contribution in [0.4, 0.5) is 11.4 Å². The summed E-state index contributed by atoms with van der Waals surface area (Å²) in [7, 11) is 1.72. The van der Waals surface area contributed by atoms with Gasteiger partial charge in [0.15, 0.2) is 0 Å². The van der Waals surface area contributed by atoms with Crippen LogP contribution >= 0.6 is 0 Å². The molecule has 1 N–H and O–H groups in total. The van der Waals surface area contributed by atoms with Gasteiger partial charge in [0, 0.05) is 31.1 Å². The second-order valence-electron chi connectivity index (χ2n) is 8.44. The fourth-order valence-corrected chi connectivity index (χ4v) is 4.50. The first-order valence-electron chi connectivity index (χ1n) is 11.2. The summed E-state index contributed by atoms with van der Waals surface area (Å²) in [6.45, 7) is 0. The number of anilines is 1. The molecule has 0 aliphatic carbocycles. The Morgan fingerprint density at radius 3 is 2.22 bits per heavy atom. The van der Waals surface area contributed by atoms with Crippen LogP contribution in [0.3, 0.4) is 0 Å². The Kier molecular flexibility index (Phi) is 5.69. The van der Waals surface area contributed by atoms with Crippen molar-refractivity contribution in [2.24, 2.45) is 7.05 Å². The molecule has 0 saturated carbocycles. The van der Waals surface area contributed by atoms with Gasteiger partial charge in [-0.25, -0.2) is 0 Å². The van der Waals surface area contributed by atoms with Gasteiger partial charge in [-0.15, -0.1) is 0 Å². The number of carbonyl (C=O) groups is 2. The molecule has 1 unspecified atom stereocenters. The van der Waals surface area contributed by atoms with Crippen LogP contribution in [0.25, 0.3) is 16.9 Å². The number of hydrogen-bond acceptors (Lipinski definition) is 5. The molecule has 0 spiro atoms. The van der Waals surface area contributed by atoms with Crippen molar-refractivity contribution in [1.29, 1.82) is 0 Å². The predicted octanol–water partition coefficient (Wildman–Crippen LogP) is 5.23. The van der Waals surface area contributed by atoms with E-state index in [0.29, 0.717) is 16.9 Å². The number of amides is 1. The topological polar surface area (TPSA) is 106 Å². The number of Topliss-reactive ketones (excluding diaryl/α,β-unsaturated/α-hetero) is 1. The van der Waals surface area contributed by atoms with Gasteiger partial charge in [-0.1, -0.05) is 42.5 Å². The van der Waals surface area contributed by atoms with Gasteiger partial charge in [0.1, 0.15) is 5.76 Å². The number of aliphatic hydroxyl groups is 1. The Bertz CT molecular complexity index is 1520. The molecule has 8 nitrogen and oxygen atoms in total. The molecule has 4 aromatic rings. The van der Waals surface area contributed by atoms with Crippen LogP contribution in [0.1, 0.15) is 17.3 Å². The van der Waals surface area contributed by atoms with Gasteiger partial charge in [-0.2, -0.15) is 0 Å². The highest BCUT2D eigenvalue weighted by atomic mass is 16.6. The zero-order valence-corrected chi connectivity index (χ0v) is 19.2. The van der Waals surface area contributed by atoms with Crippen LogP contribution in [0, 0.1) is 10.1 Å². The second kappa shape index (κ2) is 8.99. The number of nitrogens with zero attached hydrogens (tertiary/aromatic N) is 3. The minimum atomic E-state index is -0.980. The standard InChI is InChI=1S/C28H21N3O5/c1-29-16-6-11-23(29)26(32)24-25(19-12-14-21(15-13-19)31(35)36)30(28(34)27(24)33)22-10-5-9-20(17-22)18-7-3-2-4-8-18/h2-17,25,32H,1H3/b26-24-. The highest BCUT2D eigenvalue weighted by Gasteiger charge is 2.47. The predicted molar refractivity (Wildman–Crippen MR) is 135 cm³/mol. The number of benzene rings is 3. The fraction of sp³-hybridized carbons (Fsp3) is 0.0714. The summed E-state index contributed by atoms with van der Waals surface area (Å²) in [5, 5.41) is 22.4. The molecule has 1 fully saturated rings. The maximum Gasteiger partial charge on any atom is 0.300 e. The summed E-state index contributed by atoms with van der Waals surface area (Å²) in [5.41, 5.74) is 2.88. The molecular formula is C28H21N3O5. The number of carbonyl (C=O) groups excluding carboxylic acids is 2. The third-order valence-corrected chi connectivity index (χ3v) is 6.28. The van der Waals surface area contributed by atoms with E-state index in [1.54, 1.807) is 48.1 Å². The van der Waals surface area contributed by atoms with E-state index in [1.807, 2.05) is 36.4 Å². The molecule has 1 aliphatic heterocycles. The summed E-state index contributed by atoms with van der Waals surface area (Å²) < 4.78 is 1.64. The summed E-state index contributed by atoms with van der Waals surface area (Å²) >= 11 is 0. The second-order valence-corrected chi connectivity index (χ2v) is 8.44. The number of nitro benzene ring substituents is 1. The lowest BCUT2D eigenvalue weighted by molar-refractivity contribution is -0.384. The highest BCUT2D eigenvalue weighted by Crippen LogP contribution is 2.43. The lowest BCUT2D eigenvalue weighted by Gasteiger charge is -2.26. The SMILES string of the molecule is Cn1cccc1/C(O)=C1/C(=O)C(=O)N(c2cccc(-c3ccccc3)c2)C1c1ccc([N+](=O)[O-])cc1. The number of aromatic nitrogens is 1. The van der Waals surface area contributed by atoms with Crippen LogP contribution in [0.5, 0.6) is 0 Å². The van der Waals surface area contributed by atoms with E-state index < -0.39 is 22.7 Å². The first-order chi connectivity index (χ1) is 17.4. The van der Waals surface area contributed by atoms with Crippen LogP contribution in [-0.2, 0) is 16.6 Å². The molecule has 0 radical (unpaired) electrons. The molecule has 2 heterocycles. The van der Waals surface area contributed by atoms with Gasteiger partial charge < -0.3 is 9.67 Å². The van der Waals surface area contributed by atoms with E-state index in [9.17, 15) is 24.8 Å². The first-order valence-corrected chi connectivity index (χ1v) is 11.2. The number of ketones is 1. The molecule has 36 heavy (non-hydrogen) atoms. The van der Waals surface area contributed by atoms with Gasteiger partial charge in [0.2, 0.25) is 0 Å².